The van der Waals surface area contributed by atoms with Gasteiger partial charge in [-0.25, -0.2) is 19.1 Å². The maximum atomic E-state index is 10.9. The van der Waals surface area contributed by atoms with Crippen molar-refractivity contribution < 1.29 is 9.85 Å². The first-order valence-electron chi connectivity index (χ1n) is 6.91. The van der Waals surface area contributed by atoms with Crippen LogP contribution in [-0.4, -0.2) is 28.9 Å². The topological polar surface area (TPSA) is 122 Å². The van der Waals surface area contributed by atoms with Crippen LogP contribution in [0.4, 0.5) is 11.6 Å². The molecule has 0 spiro atoms. The van der Waals surface area contributed by atoms with E-state index in [4.69, 9.17) is 0 Å². The maximum absolute atomic E-state index is 10.9. The van der Waals surface area contributed by atoms with E-state index >= 15 is 0 Å². The van der Waals surface area contributed by atoms with Crippen molar-refractivity contribution in [1.82, 2.24) is 19.1 Å². The van der Waals surface area contributed by atoms with E-state index in [1.54, 1.807) is 6.07 Å². The normalized spacial score (nSPS) is 10.7. The molecule has 0 saturated carbocycles. The molecule has 3 rings (SSSR count). The van der Waals surface area contributed by atoms with Crippen LogP contribution >= 0.6 is 0 Å². The molecule has 2 aromatic heterocycles. The van der Waals surface area contributed by atoms with Crippen molar-refractivity contribution in [2.45, 2.75) is 13.1 Å². The molecule has 122 valence electrons. The maximum Gasteiger partial charge on any atom is 0.342 e. The molecule has 0 unspecified atom stereocenters. The van der Waals surface area contributed by atoms with Gasteiger partial charge < -0.3 is 20.2 Å². The lowest BCUT2D eigenvalue weighted by Crippen LogP contribution is -2.05. The van der Waals surface area contributed by atoms with Crippen LogP contribution in [0.2, 0.25) is 0 Å². The van der Waals surface area contributed by atoms with Gasteiger partial charge in [0.05, 0.1) is 0 Å². The van der Waals surface area contributed by atoms with Gasteiger partial charge in [-0.2, -0.15) is 0 Å². The highest BCUT2D eigenvalue weighted by Gasteiger charge is 2.15. The van der Waals surface area contributed by atoms with Crippen LogP contribution in [0.5, 0.6) is 0 Å². The second-order valence-corrected chi connectivity index (χ2v) is 5.09. The fourth-order valence-electron chi connectivity index (χ4n) is 2.40. The number of nitro groups is 2. The second kappa shape index (κ2) is 6.28. The molecule has 1 aromatic carbocycles. The number of aromatic nitrogens is 4. The van der Waals surface area contributed by atoms with E-state index in [0.29, 0.717) is 0 Å². The lowest BCUT2D eigenvalue weighted by molar-refractivity contribution is -0.392. The fourth-order valence-corrected chi connectivity index (χ4v) is 2.40. The van der Waals surface area contributed by atoms with Crippen LogP contribution in [0.3, 0.4) is 0 Å². The van der Waals surface area contributed by atoms with E-state index in [1.165, 1.54) is 34.2 Å². The van der Waals surface area contributed by atoms with Crippen molar-refractivity contribution in [2.75, 3.05) is 0 Å². The zero-order chi connectivity index (χ0) is 17.1. The molecule has 0 fully saturated rings. The Morgan fingerprint density at radius 2 is 1.33 bits per heavy atom. The number of hydrogen-bond donors (Lipinski definition) is 0. The fraction of sp³-hybridized carbons (Fsp3) is 0.143. The largest absolute Gasteiger partial charge is 0.358 e. The molecule has 2 heterocycles. The summed E-state index contributed by atoms with van der Waals surface area (Å²) in [5.41, 5.74) is 1.66. The minimum absolute atomic E-state index is 0.0920. The van der Waals surface area contributed by atoms with E-state index in [-0.39, 0.29) is 24.7 Å². The third kappa shape index (κ3) is 3.11. The first-order chi connectivity index (χ1) is 11.5. The third-order valence-corrected chi connectivity index (χ3v) is 3.45. The van der Waals surface area contributed by atoms with Gasteiger partial charge in [0.15, 0.2) is 12.7 Å². The highest BCUT2D eigenvalue weighted by atomic mass is 16.6. The summed E-state index contributed by atoms with van der Waals surface area (Å²) in [4.78, 5) is 28.4. The molecule has 0 bridgehead atoms. The van der Waals surface area contributed by atoms with Gasteiger partial charge >= 0.3 is 11.6 Å². The first kappa shape index (κ1) is 15.3. The Kier molecular flexibility index (Phi) is 4.01. The average molecular weight is 328 g/mol. The van der Waals surface area contributed by atoms with Crippen LogP contribution < -0.4 is 0 Å². The molecule has 0 amide bonds. The average Bonchev–Trinajstić information content (AvgIpc) is 3.16. The predicted molar refractivity (Wildman–Crippen MR) is 82.4 cm³/mol. The van der Waals surface area contributed by atoms with Gasteiger partial charge in [0.2, 0.25) is 0 Å². The predicted octanol–water partition coefficient (Wildman–Crippen LogP) is 1.99. The van der Waals surface area contributed by atoms with Gasteiger partial charge in [-0.3, -0.25) is 0 Å². The minimum Gasteiger partial charge on any atom is -0.358 e. The molecule has 0 aliphatic carbocycles. The third-order valence-electron chi connectivity index (χ3n) is 3.45. The highest BCUT2D eigenvalue weighted by molar-refractivity contribution is 5.27. The highest BCUT2D eigenvalue weighted by Crippen LogP contribution is 2.16. The summed E-state index contributed by atoms with van der Waals surface area (Å²) in [5.74, 6) is -0.184. The number of hydrogen-bond acceptors (Lipinski definition) is 6. The van der Waals surface area contributed by atoms with Gasteiger partial charge in [0, 0.05) is 0 Å². The van der Waals surface area contributed by atoms with Crippen molar-refractivity contribution in [3.8, 4) is 0 Å². The summed E-state index contributed by atoms with van der Waals surface area (Å²) >= 11 is 0. The Hall–Kier alpha value is -3.56. The lowest BCUT2D eigenvalue weighted by Gasteiger charge is -2.05. The minimum atomic E-state index is -0.494. The quantitative estimate of drug-likeness (QED) is 0.504. The Balaban J connectivity index is 1.82. The van der Waals surface area contributed by atoms with Crippen molar-refractivity contribution in [2.24, 2.45) is 0 Å². The molecular weight excluding hydrogens is 316 g/mol. The van der Waals surface area contributed by atoms with E-state index in [2.05, 4.69) is 9.97 Å². The van der Waals surface area contributed by atoms with Crippen molar-refractivity contribution >= 4 is 11.6 Å². The van der Waals surface area contributed by atoms with E-state index < -0.39 is 9.85 Å². The Labute approximate surface area is 135 Å². The lowest BCUT2D eigenvalue weighted by atomic mass is 10.1. The van der Waals surface area contributed by atoms with Gasteiger partial charge in [0.25, 0.3) is 0 Å². The number of imidazole rings is 2. The number of benzene rings is 1. The Morgan fingerprint density at radius 3 is 1.75 bits per heavy atom. The van der Waals surface area contributed by atoms with E-state index in [0.717, 1.165) is 11.1 Å². The molecule has 10 heteroatoms. The van der Waals surface area contributed by atoms with Crippen LogP contribution in [0.1, 0.15) is 11.1 Å². The molecule has 0 aliphatic rings. The van der Waals surface area contributed by atoms with E-state index in [1.807, 2.05) is 18.2 Å². The van der Waals surface area contributed by atoms with Crippen LogP contribution in [0.15, 0.2) is 49.3 Å². The number of nitrogens with zero attached hydrogens (tertiary/aromatic N) is 6. The summed E-state index contributed by atoms with van der Waals surface area (Å²) in [7, 11) is 0. The molecule has 0 radical (unpaired) electrons. The van der Waals surface area contributed by atoms with Crippen LogP contribution in [0.25, 0.3) is 0 Å². The summed E-state index contributed by atoms with van der Waals surface area (Å²) in [6.07, 6.45) is 5.18. The van der Waals surface area contributed by atoms with Crippen LogP contribution in [0, 0.1) is 20.2 Å². The molecule has 0 atom stereocenters. The molecule has 3 aromatic rings. The molecule has 0 saturated heterocycles. The SMILES string of the molecule is O=[N+]([O-])c1cncn1Cc1cccc(Cn2cncc2[N+](=O)[O-])c1. The van der Waals surface area contributed by atoms with E-state index in [9.17, 15) is 20.2 Å². The molecule has 0 N–H and O–H groups in total. The van der Waals surface area contributed by atoms with Crippen molar-refractivity contribution in [1.29, 1.82) is 0 Å². The molecule has 0 aliphatic heterocycles. The Morgan fingerprint density at radius 1 is 0.875 bits per heavy atom. The zero-order valence-corrected chi connectivity index (χ0v) is 12.3. The first-order valence-corrected chi connectivity index (χ1v) is 6.91. The van der Waals surface area contributed by atoms with Crippen LogP contribution in [-0.2, 0) is 13.1 Å². The molecular formula is C14H12N6O4. The summed E-state index contributed by atoms with van der Waals surface area (Å²) in [6, 6.07) is 7.30. The second-order valence-electron chi connectivity index (χ2n) is 5.09. The smallest absolute Gasteiger partial charge is 0.342 e. The summed E-state index contributed by atoms with van der Waals surface area (Å²) in [6.45, 7) is 0.576. The molecule has 24 heavy (non-hydrogen) atoms. The van der Waals surface area contributed by atoms with Gasteiger partial charge in [-0.15, -0.1) is 0 Å². The summed E-state index contributed by atoms with van der Waals surface area (Å²) < 4.78 is 2.86. The monoisotopic (exact) mass is 328 g/mol. The van der Waals surface area contributed by atoms with Gasteiger partial charge in [-0.1, -0.05) is 18.2 Å². The summed E-state index contributed by atoms with van der Waals surface area (Å²) in [5, 5.41) is 21.8. The zero-order valence-electron chi connectivity index (χ0n) is 12.3. The van der Waals surface area contributed by atoms with Gasteiger partial charge in [0.1, 0.15) is 25.5 Å². The van der Waals surface area contributed by atoms with Gasteiger partial charge in [-0.05, 0) is 27.0 Å². The Bertz CT molecular complexity index is 831. The van der Waals surface area contributed by atoms with Crippen molar-refractivity contribution in [3.63, 3.8) is 0 Å². The standard InChI is InChI=1S/C14H12N6O4/c21-19(22)13-5-15-9-17(13)7-11-2-1-3-12(4-11)8-18-10-16-6-14(18)20(23)24/h1-6,9-10H,7-8H2. The van der Waals surface area contributed by atoms with Crippen molar-refractivity contribution in [3.05, 3.63) is 80.7 Å². The molecule has 10 nitrogen and oxygen atoms in total. The number of rotatable bonds is 6.